The highest BCUT2D eigenvalue weighted by atomic mass is 35.5. The maximum Gasteiger partial charge on any atom is 0.332 e. The molecule has 0 radical (unpaired) electrons. The van der Waals surface area contributed by atoms with Gasteiger partial charge in [0, 0.05) is 45.7 Å². The van der Waals surface area contributed by atoms with Crippen molar-refractivity contribution in [3.8, 4) is 11.5 Å². The summed E-state index contributed by atoms with van der Waals surface area (Å²) in [6, 6.07) is 7.29. The van der Waals surface area contributed by atoms with Crippen LogP contribution in [0.25, 0.3) is 0 Å². The predicted molar refractivity (Wildman–Crippen MR) is 127 cm³/mol. The number of aliphatic hydroxyl groups is 1. The Morgan fingerprint density at radius 1 is 1.19 bits per heavy atom. The minimum absolute atomic E-state index is 0.0245. The third-order valence-corrected chi connectivity index (χ3v) is 6.01. The topological polar surface area (TPSA) is 105 Å². The summed E-state index contributed by atoms with van der Waals surface area (Å²) in [7, 11) is 3.16. The van der Waals surface area contributed by atoms with Crippen LogP contribution in [0, 0.1) is 0 Å². The molecule has 1 unspecified atom stereocenters. The molecule has 2 aromatic heterocycles. The van der Waals surface area contributed by atoms with E-state index in [1.54, 1.807) is 35.2 Å². The first kappa shape index (κ1) is 25.4. The number of rotatable bonds is 9. The van der Waals surface area contributed by atoms with Crippen LogP contribution in [-0.4, -0.2) is 44.7 Å². The average Bonchev–Trinajstić information content (AvgIpc) is 3.10. The number of fused-ring (bicyclic) bond motifs is 1. The van der Waals surface area contributed by atoms with E-state index in [9.17, 15) is 23.7 Å². The third kappa shape index (κ3) is 4.85. The molecule has 0 amide bonds. The molecule has 3 aromatic rings. The van der Waals surface area contributed by atoms with Crippen LogP contribution in [0.1, 0.15) is 12.0 Å². The van der Waals surface area contributed by atoms with E-state index in [4.69, 9.17) is 16.3 Å². The number of benzene rings is 1. The Morgan fingerprint density at radius 3 is 2.64 bits per heavy atom. The van der Waals surface area contributed by atoms with Crippen molar-refractivity contribution in [3.63, 3.8) is 0 Å². The van der Waals surface area contributed by atoms with Crippen LogP contribution in [0.4, 0.5) is 20.5 Å². The number of aliphatic hydroxyl groups excluding tert-OH is 1. The molecule has 0 saturated carbocycles. The molecule has 1 aliphatic rings. The number of anilines is 2. The van der Waals surface area contributed by atoms with Gasteiger partial charge in [-0.25, -0.2) is 4.79 Å². The summed E-state index contributed by atoms with van der Waals surface area (Å²) in [6.07, 6.45) is 2.28. The van der Waals surface area contributed by atoms with Crippen molar-refractivity contribution < 1.29 is 23.6 Å². The number of nitrogens with zero attached hydrogens (tertiary/aromatic N) is 6. The summed E-state index contributed by atoms with van der Waals surface area (Å²) >= 11 is 6.34. The van der Waals surface area contributed by atoms with Gasteiger partial charge < -0.3 is 24.5 Å². The van der Waals surface area contributed by atoms with Gasteiger partial charge in [-0.05, 0) is 30.2 Å². The second-order valence-corrected chi connectivity index (χ2v) is 8.37. The van der Waals surface area contributed by atoms with Gasteiger partial charge in [0.25, 0.3) is 11.9 Å². The van der Waals surface area contributed by atoms with Gasteiger partial charge in [0.2, 0.25) is 5.51 Å². The normalized spacial score (nSPS) is 14.9. The van der Waals surface area contributed by atoms with Gasteiger partial charge in [0.05, 0.1) is 11.6 Å². The van der Waals surface area contributed by atoms with Crippen molar-refractivity contribution in [2.45, 2.75) is 25.9 Å². The molecule has 1 aliphatic heterocycles. The number of hydrogen-bond donors (Lipinski definition) is 1. The summed E-state index contributed by atoms with van der Waals surface area (Å²) in [6.45, 7) is -0.0608. The molecule has 0 saturated heterocycles. The van der Waals surface area contributed by atoms with Crippen molar-refractivity contribution in [2.24, 2.45) is 7.05 Å². The van der Waals surface area contributed by atoms with Crippen molar-refractivity contribution in [3.05, 3.63) is 74.1 Å². The molecule has 1 N–H and O–H groups in total. The first-order valence-corrected chi connectivity index (χ1v) is 11.2. The molecule has 4 rings (SSSR count). The number of ether oxygens (including phenoxy) is 1. The maximum atomic E-state index is 13.5. The lowest BCUT2D eigenvalue weighted by atomic mass is 10.2. The Hall–Kier alpha value is -3.68. The highest BCUT2D eigenvalue weighted by Crippen LogP contribution is 2.37. The zero-order valence-corrected chi connectivity index (χ0v) is 20.1. The van der Waals surface area contributed by atoms with Gasteiger partial charge in [-0.3, -0.25) is 18.9 Å². The number of hydrogen-bond acceptors (Lipinski definition) is 9. The first-order valence-electron chi connectivity index (χ1n) is 10.8. The van der Waals surface area contributed by atoms with Crippen LogP contribution in [0.5, 0.6) is 11.5 Å². The van der Waals surface area contributed by atoms with Crippen LogP contribution in [0.15, 0.2) is 52.3 Å². The molecule has 36 heavy (non-hydrogen) atoms. The van der Waals surface area contributed by atoms with E-state index in [-0.39, 0.29) is 43.3 Å². The quantitative estimate of drug-likeness (QED) is 0.333. The molecule has 1 aromatic carbocycles. The fourth-order valence-electron chi connectivity index (χ4n) is 4.07. The van der Waals surface area contributed by atoms with Gasteiger partial charge >= 0.3 is 5.69 Å². The molecular weight excluding hydrogens is 502 g/mol. The Labute approximate surface area is 208 Å². The van der Waals surface area contributed by atoms with Crippen molar-refractivity contribution in [1.29, 1.82) is 0 Å². The molecule has 3 heterocycles. The van der Waals surface area contributed by atoms with Crippen LogP contribution in [-0.2, 0) is 20.1 Å². The van der Waals surface area contributed by atoms with E-state index < -0.39 is 23.1 Å². The zero-order valence-electron chi connectivity index (χ0n) is 19.3. The summed E-state index contributed by atoms with van der Waals surface area (Å²) in [5, 5.41) is 9.59. The second kappa shape index (κ2) is 10.5. The fourth-order valence-corrected chi connectivity index (χ4v) is 4.25. The summed E-state index contributed by atoms with van der Waals surface area (Å²) in [5.74, 6) is 0.306. The standard InChI is InChI=1S/C22H23ClF2N6O5/c1-27-19-18(20(33)29(21(27)34)9-4-10-32)30(13-14-7-8-26-12-17(14)23)22(28(19)2)35-15-5-3-6-16(11-15)36-31(24)25/h3,5-8,11-12,22,32H,4,9-10,13H2,1-2H3. The summed E-state index contributed by atoms with van der Waals surface area (Å²) in [5.41, 5.74) is -1.73. The number of halogens is 3. The predicted octanol–water partition coefficient (Wildman–Crippen LogP) is 2.16. The van der Waals surface area contributed by atoms with E-state index in [1.807, 2.05) is 0 Å². The minimum Gasteiger partial charge on any atom is -0.452 e. The largest absolute Gasteiger partial charge is 0.452 e. The minimum atomic E-state index is -1.43. The molecule has 14 heteroatoms. The lowest BCUT2D eigenvalue weighted by Crippen LogP contribution is -2.46. The molecule has 1 atom stereocenters. The molecule has 0 spiro atoms. The van der Waals surface area contributed by atoms with E-state index in [2.05, 4.69) is 9.82 Å². The fraction of sp³-hybridized carbons (Fsp3) is 0.318. The van der Waals surface area contributed by atoms with Crippen molar-refractivity contribution in [2.75, 3.05) is 23.5 Å². The van der Waals surface area contributed by atoms with E-state index >= 15 is 0 Å². The second-order valence-electron chi connectivity index (χ2n) is 7.97. The Balaban J connectivity index is 1.82. The van der Waals surface area contributed by atoms with Crippen molar-refractivity contribution >= 4 is 23.1 Å². The first-order chi connectivity index (χ1) is 17.2. The summed E-state index contributed by atoms with van der Waals surface area (Å²) < 4.78 is 33.6. The van der Waals surface area contributed by atoms with E-state index in [0.717, 1.165) is 4.57 Å². The maximum absolute atomic E-state index is 13.5. The highest BCUT2D eigenvalue weighted by molar-refractivity contribution is 6.31. The van der Waals surface area contributed by atoms with Crippen molar-refractivity contribution in [1.82, 2.24) is 19.6 Å². The molecular formula is C22H23ClF2N6O5. The van der Waals surface area contributed by atoms with Crippen LogP contribution in [0.3, 0.4) is 0 Å². The van der Waals surface area contributed by atoms with Gasteiger partial charge in [0.15, 0.2) is 5.75 Å². The monoisotopic (exact) mass is 524 g/mol. The van der Waals surface area contributed by atoms with E-state index in [1.165, 1.54) is 36.0 Å². The number of pyridine rings is 1. The average molecular weight is 525 g/mol. The number of aromatic nitrogens is 3. The van der Waals surface area contributed by atoms with Crippen LogP contribution >= 0.6 is 11.6 Å². The van der Waals surface area contributed by atoms with Gasteiger partial charge in [-0.15, -0.1) is 0 Å². The van der Waals surface area contributed by atoms with Crippen LogP contribution in [0.2, 0.25) is 5.02 Å². The highest BCUT2D eigenvalue weighted by Gasteiger charge is 2.41. The van der Waals surface area contributed by atoms with Crippen LogP contribution < -0.4 is 30.6 Å². The molecule has 11 nitrogen and oxygen atoms in total. The third-order valence-electron chi connectivity index (χ3n) is 5.67. The smallest absolute Gasteiger partial charge is 0.332 e. The lowest BCUT2D eigenvalue weighted by Gasteiger charge is -2.30. The summed E-state index contributed by atoms with van der Waals surface area (Å²) in [4.78, 5) is 38.0. The van der Waals surface area contributed by atoms with Gasteiger partial charge in [-0.2, -0.15) is 0 Å². The molecule has 0 aliphatic carbocycles. The molecule has 0 fully saturated rings. The van der Waals surface area contributed by atoms with E-state index in [0.29, 0.717) is 16.4 Å². The zero-order chi connectivity index (χ0) is 26.0. The van der Waals surface area contributed by atoms with Gasteiger partial charge in [0.1, 0.15) is 17.3 Å². The molecule has 192 valence electrons. The van der Waals surface area contributed by atoms with Gasteiger partial charge in [-0.1, -0.05) is 26.6 Å². The SMILES string of the molecule is CN1c2c(c(=O)n(CCCO)c(=O)n2C)N(Cc2ccncc2Cl)C1Oc1cccc(ON(F)F)c1. The Bertz CT molecular complexity index is 1370. The Kier molecular flexibility index (Phi) is 7.43. The molecule has 0 bridgehead atoms. The lowest BCUT2D eigenvalue weighted by molar-refractivity contribution is -0.337. The Morgan fingerprint density at radius 2 is 1.94 bits per heavy atom.